The summed E-state index contributed by atoms with van der Waals surface area (Å²) in [5.74, 6) is 0. The molecule has 108 valence electrons. The van der Waals surface area contributed by atoms with Crippen LogP contribution in [0.5, 0.6) is 0 Å². The number of aromatic nitrogens is 1. The summed E-state index contributed by atoms with van der Waals surface area (Å²) in [5.41, 5.74) is 2.30. The van der Waals surface area contributed by atoms with E-state index in [1.165, 1.54) is 10.4 Å². The Morgan fingerprint density at radius 1 is 1.25 bits per heavy atom. The molecule has 1 aromatic carbocycles. The van der Waals surface area contributed by atoms with E-state index in [-0.39, 0.29) is 0 Å². The first-order chi connectivity index (χ1) is 9.61. The topological polar surface area (TPSA) is 28.2 Å². The lowest BCUT2D eigenvalue weighted by Gasteiger charge is -2.11. The number of thiazole rings is 1. The van der Waals surface area contributed by atoms with E-state index in [0.717, 1.165) is 23.9 Å². The maximum atomic E-state index is 4.83. The lowest BCUT2D eigenvalue weighted by Crippen LogP contribution is -2.21. The molecular weight excluding hydrogens is 266 g/mol. The maximum absolute atomic E-state index is 4.83. The van der Waals surface area contributed by atoms with Gasteiger partial charge in [0.1, 0.15) is 0 Å². The van der Waals surface area contributed by atoms with Gasteiger partial charge in [0.15, 0.2) is 5.13 Å². The van der Waals surface area contributed by atoms with Crippen LogP contribution in [0.25, 0.3) is 11.3 Å². The molecule has 0 amide bonds. The van der Waals surface area contributed by atoms with Crippen LogP contribution in [0.15, 0.2) is 30.3 Å². The van der Waals surface area contributed by atoms with Crippen LogP contribution in [-0.2, 0) is 6.54 Å². The van der Waals surface area contributed by atoms with Gasteiger partial charge in [-0.1, -0.05) is 55.5 Å². The van der Waals surface area contributed by atoms with Crippen molar-refractivity contribution in [3.8, 4) is 11.3 Å². The highest BCUT2D eigenvalue weighted by Gasteiger charge is 2.14. The van der Waals surface area contributed by atoms with Crippen molar-refractivity contribution in [2.75, 3.05) is 18.5 Å². The summed E-state index contributed by atoms with van der Waals surface area (Å²) < 4.78 is 0. The van der Waals surface area contributed by atoms with Gasteiger partial charge in [0.25, 0.3) is 0 Å². The number of benzene rings is 1. The molecule has 3 nitrogen and oxygen atoms in total. The van der Waals surface area contributed by atoms with Crippen molar-refractivity contribution in [1.29, 1.82) is 0 Å². The van der Waals surface area contributed by atoms with Crippen molar-refractivity contribution in [3.63, 3.8) is 0 Å². The number of nitrogens with one attached hydrogen (secondary N) is 1. The molecule has 0 unspecified atom stereocenters. The second-order valence-electron chi connectivity index (χ2n) is 5.18. The largest absolute Gasteiger partial charge is 0.351 e. The lowest BCUT2D eigenvalue weighted by molar-refractivity contribution is 0.593. The molecule has 1 heterocycles. The summed E-state index contributed by atoms with van der Waals surface area (Å²) in [6.07, 6.45) is 0. The van der Waals surface area contributed by atoms with E-state index >= 15 is 0 Å². The molecule has 0 aliphatic rings. The molecular formula is C16H23N3S. The van der Waals surface area contributed by atoms with Gasteiger partial charge in [0, 0.05) is 36.6 Å². The highest BCUT2D eigenvalue weighted by atomic mass is 32.1. The molecule has 0 bridgehead atoms. The van der Waals surface area contributed by atoms with E-state index in [0.29, 0.717) is 6.04 Å². The Hall–Kier alpha value is -1.39. The Kier molecular flexibility index (Phi) is 5.15. The van der Waals surface area contributed by atoms with Gasteiger partial charge in [-0.2, -0.15) is 0 Å². The molecule has 0 radical (unpaired) electrons. The molecule has 0 saturated heterocycles. The first kappa shape index (κ1) is 15.0. The third kappa shape index (κ3) is 3.58. The van der Waals surface area contributed by atoms with Crippen LogP contribution < -0.4 is 10.2 Å². The van der Waals surface area contributed by atoms with Gasteiger partial charge >= 0.3 is 0 Å². The normalized spacial score (nSPS) is 11.1. The zero-order valence-electron chi connectivity index (χ0n) is 12.7. The Labute approximate surface area is 125 Å². The third-order valence-electron chi connectivity index (χ3n) is 3.21. The summed E-state index contributed by atoms with van der Waals surface area (Å²) in [4.78, 5) is 8.33. The van der Waals surface area contributed by atoms with Gasteiger partial charge in [-0.15, -0.1) is 0 Å². The maximum Gasteiger partial charge on any atom is 0.185 e. The molecule has 0 fully saturated rings. The highest BCUT2D eigenvalue weighted by molar-refractivity contribution is 7.16. The first-order valence-corrected chi connectivity index (χ1v) is 7.93. The number of nitrogens with zero attached hydrogens (tertiary/aromatic N) is 2. The summed E-state index contributed by atoms with van der Waals surface area (Å²) >= 11 is 1.78. The molecule has 20 heavy (non-hydrogen) atoms. The molecule has 2 aromatic rings. The molecule has 0 aliphatic heterocycles. The van der Waals surface area contributed by atoms with Gasteiger partial charge in [-0.3, -0.25) is 0 Å². The van der Waals surface area contributed by atoms with Crippen molar-refractivity contribution in [1.82, 2.24) is 10.3 Å². The van der Waals surface area contributed by atoms with Gasteiger partial charge in [0.05, 0.1) is 5.69 Å². The molecule has 0 saturated carbocycles. The lowest BCUT2D eigenvalue weighted by atomic mass is 10.1. The molecule has 0 aliphatic carbocycles. The Bertz CT molecular complexity index is 534. The fourth-order valence-corrected chi connectivity index (χ4v) is 2.93. The van der Waals surface area contributed by atoms with E-state index in [1.54, 1.807) is 11.3 Å². The fourth-order valence-electron chi connectivity index (χ4n) is 1.88. The number of hydrogen-bond acceptors (Lipinski definition) is 4. The predicted molar refractivity (Wildman–Crippen MR) is 88.5 cm³/mol. The van der Waals surface area contributed by atoms with Crippen LogP contribution in [0.4, 0.5) is 5.13 Å². The SMILES string of the molecule is CCN(C)c1nc(-c2ccccc2)c(CNC(C)C)s1. The number of anilines is 1. The van der Waals surface area contributed by atoms with Crippen LogP contribution in [0.2, 0.25) is 0 Å². The minimum absolute atomic E-state index is 0.480. The van der Waals surface area contributed by atoms with E-state index in [4.69, 9.17) is 4.98 Å². The van der Waals surface area contributed by atoms with E-state index in [2.05, 4.69) is 62.3 Å². The van der Waals surface area contributed by atoms with Gasteiger partial charge in [0.2, 0.25) is 0 Å². The molecule has 0 spiro atoms. The molecule has 1 N–H and O–H groups in total. The Morgan fingerprint density at radius 2 is 1.95 bits per heavy atom. The van der Waals surface area contributed by atoms with E-state index < -0.39 is 0 Å². The summed E-state index contributed by atoms with van der Waals surface area (Å²) in [5, 5.41) is 4.58. The molecule has 1 aromatic heterocycles. The first-order valence-electron chi connectivity index (χ1n) is 7.11. The highest BCUT2D eigenvalue weighted by Crippen LogP contribution is 2.32. The average Bonchev–Trinajstić information content (AvgIpc) is 2.89. The van der Waals surface area contributed by atoms with E-state index in [1.807, 2.05) is 6.07 Å². The smallest absolute Gasteiger partial charge is 0.185 e. The zero-order chi connectivity index (χ0) is 14.5. The van der Waals surface area contributed by atoms with Crippen molar-refractivity contribution in [2.45, 2.75) is 33.4 Å². The summed E-state index contributed by atoms with van der Waals surface area (Å²) in [6, 6.07) is 10.9. The number of rotatable bonds is 6. The zero-order valence-corrected chi connectivity index (χ0v) is 13.5. The van der Waals surface area contributed by atoms with Crippen molar-refractivity contribution in [3.05, 3.63) is 35.2 Å². The summed E-state index contributed by atoms with van der Waals surface area (Å²) in [7, 11) is 2.09. The Morgan fingerprint density at radius 3 is 2.55 bits per heavy atom. The van der Waals surface area contributed by atoms with Crippen molar-refractivity contribution in [2.24, 2.45) is 0 Å². The van der Waals surface area contributed by atoms with Crippen molar-refractivity contribution >= 4 is 16.5 Å². The molecule has 0 atom stereocenters. The van der Waals surface area contributed by atoms with Gasteiger partial charge < -0.3 is 10.2 Å². The fraction of sp³-hybridized carbons (Fsp3) is 0.438. The van der Waals surface area contributed by atoms with Gasteiger partial charge in [-0.25, -0.2) is 4.98 Å². The monoisotopic (exact) mass is 289 g/mol. The van der Waals surface area contributed by atoms with Crippen LogP contribution in [0, 0.1) is 0 Å². The quantitative estimate of drug-likeness (QED) is 0.877. The number of hydrogen-bond donors (Lipinski definition) is 1. The second-order valence-corrected chi connectivity index (χ2v) is 6.25. The third-order valence-corrected chi connectivity index (χ3v) is 4.37. The van der Waals surface area contributed by atoms with E-state index in [9.17, 15) is 0 Å². The Balaban J connectivity index is 2.34. The van der Waals surface area contributed by atoms with Crippen molar-refractivity contribution < 1.29 is 0 Å². The van der Waals surface area contributed by atoms with Crippen LogP contribution in [0.3, 0.4) is 0 Å². The minimum atomic E-state index is 0.480. The van der Waals surface area contributed by atoms with Crippen LogP contribution in [-0.4, -0.2) is 24.6 Å². The summed E-state index contributed by atoms with van der Waals surface area (Å²) in [6.45, 7) is 8.33. The van der Waals surface area contributed by atoms with Crippen LogP contribution in [0.1, 0.15) is 25.6 Å². The van der Waals surface area contributed by atoms with Crippen LogP contribution >= 0.6 is 11.3 Å². The second kappa shape index (κ2) is 6.86. The molecule has 2 rings (SSSR count). The average molecular weight is 289 g/mol. The molecule has 4 heteroatoms. The standard InChI is InChI=1S/C16H23N3S/c1-5-19(4)16-18-15(13-9-7-6-8-10-13)14(20-16)11-17-12(2)3/h6-10,12,17H,5,11H2,1-4H3. The predicted octanol–water partition coefficient (Wildman–Crippen LogP) is 3.76. The van der Waals surface area contributed by atoms with Gasteiger partial charge in [-0.05, 0) is 6.92 Å². The minimum Gasteiger partial charge on any atom is -0.351 e.